The van der Waals surface area contributed by atoms with Crippen LogP contribution in [0.1, 0.15) is 44.2 Å². The van der Waals surface area contributed by atoms with E-state index in [1.54, 1.807) is 12.1 Å². The lowest BCUT2D eigenvalue weighted by atomic mass is 9.50. The van der Waals surface area contributed by atoms with Crippen molar-refractivity contribution in [3.63, 3.8) is 0 Å². The maximum absolute atomic E-state index is 12.9. The minimum atomic E-state index is -1.28. The minimum absolute atomic E-state index is 0.0346. The van der Waals surface area contributed by atoms with Gasteiger partial charge in [-0.05, 0) is 51.1 Å². The summed E-state index contributed by atoms with van der Waals surface area (Å²) in [5.41, 5.74) is -0.315. The summed E-state index contributed by atoms with van der Waals surface area (Å²) in [6.07, 6.45) is 0.488. The number of rotatable bonds is 6. The van der Waals surface area contributed by atoms with Crippen LogP contribution < -0.4 is 4.74 Å². The van der Waals surface area contributed by atoms with Crippen LogP contribution in [0.15, 0.2) is 24.0 Å². The van der Waals surface area contributed by atoms with Gasteiger partial charge < -0.3 is 34.4 Å². The van der Waals surface area contributed by atoms with Gasteiger partial charge in [-0.25, -0.2) is 4.79 Å². The van der Waals surface area contributed by atoms with Crippen molar-refractivity contribution >= 4 is 17.9 Å². The van der Waals surface area contributed by atoms with E-state index in [1.165, 1.54) is 13.8 Å². The molecular weight excluding hydrogens is 458 g/mol. The highest BCUT2D eigenvalue weighted by molar-refractivity contribution is 5.83. The second-order valence-corrected chi connectivity index (χ2v) is 10.1. The van der Waals surface area contributed by atoms with Crippen LogP contribution in [0.3, 0.4) is 0 Å². The van der Waals surface area contributed by atoms with Gasteiger partial charge in [0.25, 0.3) is 0 Å². The Kier molecular flexibility index (Phi) is 5.37. The number of benzene rings is 1. The number of aromatic hydroxyl groups is 1. The highest BCUT2D eigenvalue weighted by Gasteiger charge is 2.72. The first-order chi connectivity index (χ1) is 16.5. The minimum Gasteiger partial charge on any atom is -0.504 e. The summed E-state index contributed by atoms with van der Waals surface area (Å²) < 4.78 is 17.0. The van der Waals surface area contributed by atoms with Crippen LogP contribution >= 0.6 is 0 Å². The molecule has 0 amide bonds. The third-order valence-corrected chi connectivity index (χ3v) is 8.08. The summed E-state index contributed by atoms with van der Waals surface area (Å²) in [5, 5.41) is 31.5. The smallest absolute Gasteiger partial charge is 0.352 e. The molecule has 0 saturated carbocycles. The first-order valence-electron chi connectivity index (χ1n) is 11.8. The average molecular weight is 488 g/mol. The van der Waals surface area contributed by atoms with E-state index in [4.69, 9.17) is 19.3 Å². The number of hydrogen-bond acceptors (Lipinski definition) is 9. The molecule has 2 heterocycles. The van der Waals surface area contributed by atoms with Crippen molar-refractivity contribution < 1.29 is 43.9 Å². The molecule has 1 aromatic carbocycles. The van der Waals surface area contributed by atoms with Crippen LogP contribution in [-0.4, -0.2) is 75.6 Å². The van der Waals surface area contributed by atoms with E-state index in [2.05, 4.69) is 4.90 Å². The Morgan fingerprint density at radius 1 is 1.26 bits per heavy atom. The standard InChI is InChI=1S/C25H29NO9/c1-12(10-18(28)29)22(30)33-13(2)23(31)34-16-6-7-25(32)17-11-14-4-5-15(27)20-19(14)24(25,21(16)35-20)8-9-26(17)3/h4-6,12-13,17,21,27,32H,7-11H2,1-3H3,(H,28,29)/t12-,13-,17+,21-,24-,25+/m0/s1. The SMILES string of the molecule is C[C@H](OC(=O)[C@@H](C)CC(=O)O)C(=O)OC1=CC[C@@]2(O)[C@H]3Cc4ccc(O)c5c4[C@@]2(CCN3C)[C@H]1O5. The monoisotopic (exact) mass is 487 g/mol. The zero-order valence-corrected chi connectivity index (χ0v) is 19.8. The number of carbonyl (C=O) groups is 3. The van der Waals surface area contributed by atoms with Gasteiger partial charge in [0.2, 0.25) is 0 Å². The van der Waals surface area contributed by atoms with E-state index in [-0.39, 0.29) is 24.0 Å². The predicted molar refractivity (Wildman–Crippen MR) is 120 cm³/mol. The Morgan fingerprint density at radius 2 is 2.00 bits per heavy atom. The Balaban J connectivity index is 1.43. The molecule has 1 spiro atoms. The zero-order chi connectivity index (χ0) is 25.3. The number of likely N-dealkylation sites (N-methyl/N-ethyl adjacent to an activating group) is 1. The quantitative estimate of drug-likeness (QED) is 0.502. The Bertz CT molecular complexity index is 1150. The molecule has 1 fully saturated rings. The maximum atomic E-state index is 12.9. The number of esters is 2. The topological polar surface area (TPSA) is 143 Å². The Hall–Kier alpha value is -3.11. The van der Waals surface area contributed by atoms with Crippen molar-refractivity contribution in [2.45, 2.75) is 68.8 Å². The Labute approximate surface area is 202 Å². The van der Waals surface area contributed by atoms with Gasteiger partial charge in [-0.1, -0.05) is 13.0 Å². The number of carboxylic acids is 1. The van der Waals surface area contributed by atoms with Crippen molar-refractivity contribution in [2.75, 3.05) is 13.6 Å². The molecule has 1 saturated heterocycles. The normalized spacial score (nSPS) is 31.9. The molecule has 5 rings (SSSR count). The van der Waals surface area contributed by atoms with Crippen molar-refractivity contribution in [2.24, 2.45) is 5.92 Å². The highest BCUT2D eigenvalue weighted by Crippen LogP contribution is 2.65. The number of nitrogens with zero attached hydrogens (tertiary/aromatic N) is 1. The predicted octanol–water partition coefficient (Wildman–Crippen LogP) is 1.26. The molecule has 1 aromatic rings. The van der Waals surface area contributed by atoms with E-state index in [1.807, 2.05) is 13.1 Å². The van der Waals surface area contributed by atoms with Gasteiger partial charge in [0.05, 0.1) is 23.4 Å². The molecule has 6 atom stereocenters. The number of piperidine rings is 1. The summed E-state index contributed by atoms with van der Waals surface area (Å²) in [4.78, 5) is 38.0. The van der Waals surface area contributed by atoms with E-state index in [0.29, 0.717) is 25.1 Å². The zero-order valence-electron chi connectivity index (χ0n) is 19.8. The number of carbonyl (C=O) groups excluding carboxylic acids is 2. The first kappa shape index (κ1) is 23.6. The van der Waals surface area contributed by atoms with Crippen molar-refractivity contribution in [1.82, 2.24) is 4.90 Å². The molecule has 188 valence electrons. The lowest BCUT2D eigenvalue weighted by molar-refractivity contribution is -0.176. The summed E-state index contributed by atoms with van der Waals surface area (Å²) in [6, 6.07) is 3.27. The fourth-order valence-corrected chi connectivity index (χ4v) is 6.32. The summed E-state index contributed by atoms with van der Waals surface area (Å²) in [5.74, 6) is -3.24. The molecule has 2 aliphatic carbocycles. The molecule has 0 unspecified atom stereocenters. The number of aliphatic hydroxyl groups is 1. The molecule has 0 aromatic heterocycles. The van der Waals surface area contributed by atoms with Crippen molar-refractivity contribution in [1.29, 1.82) is 0 Å². The third-order valence-electron chi connectivity index (χ3n) is 8.08. The van der Waals surface area contributed by atoms with Crippen LogP contribution in [0, 0.1) is 5.92 Å². The van der Waals surface area contributed by atoms with E-state index in [9.17, 15) is 24.6 Å². The Morgan fingerprint density at radius 3 is 2.71 bits per heavy atom. The maximum Gasteiger partial charge on any atom is 0.352 e. The van der Waals surface area contributed by atoms with Crippen molar-refractivity contribution in [3.05, 3.63) is 35.1 Å². The molecule has 10 nitrogen and oxygen atoms in total. The number of carboxylic acid groups (broad SMARTS) is 1. The molecule has 4 aliphatic rings. The summed E-state index contributed by atoms with van der Waals surface area (Å²) in [6.45, 7) is 3.45. The summed E-state index contributed by atoms with van der Waals surface area (Å²) >= 11 is 0. The first-order valence-corrected chi connectivity index (χ1v) is 11.8. The molecule has 2 aliphatic heterocycles. The third kappa shape index (κ3) is 3.26. The van der Waals surface area contributed by atoms with E-state index < -0.39 is 53.5 Å². The molecule has 35 heavy (non-hydrogen) atoms. The van der Waals surface area contributed by atoms with Gasteiger partial charge in [0.1, 0.15) is 5.76 Å². The fourth-order valence-electron chi connectivity index (χ4n) is 6.32. The van der Waals surface area contributed by atoms with Crippen LogP contribution in [-0.2, 0) is 35.7 Å². The second-order valence-electron chi connectivity index (χ2n) is 10.1. The fraction of sp³-hybridized carbons (Fsp3) is 0.560. The largest absolute Gasteiger partial charge is 0.504 e. The summed E-state index contributed by atoms with van der Waals surface area (Å²) in [7, 11) is 1.98. The van der Waals surface area contributed by atoms with Crippen LogP contribution in [0.4, 0.5) is 0 Å². The van der Waals surface area contributed by atoms with Gasteiger partial charge >= 0.3 is 17.9 Å². The highest BCUT2D eigenvalue weighted by atomic mass is 16.6. The molecule has 10 heteroatoms. The van der Waals surface area contributed by atoms with Gasteiger partial charge in [-0.3, -0.25) is 9.59 Å². The lowest BCUT2D eigenvalue weighted by Gasteiger charge is -2.61. The van der Waals surface area contributed by atoms with E-state index >= 15 is 0 Å². The number of ether oxygens (including phenoxy) is 3. The molecule has 3 N–H and O–H groups in total. The van der Waals surface area contributed by atoms with Gasteiger partial charge in [-0.2, -0.15) is 0 Å². The van der Waals surface area contributed by atoms with E-state index in [0.717, 1.165) is 11.1 Å². The van der Waals surface area contributed by atoms with Gasteiger partial charge in [0.15, 0.2) is 23.7 Å². The van der Waals surface area contributed by atoms with Crippen LogP contribution in [0.25, 0.3) is 0 Å². The second kappa shape index (κ2) is 7.96. The van der Waals surface area contributed by atoms with Crippen molar-refractivity contribution in [3.8, 4) is 11.5 Å². The number of likely N-dealkylation sites (tertiary alicyclic amines) is 1. The lowest BCUT2D eigenvalue weighted by Crippen LogP contribution is -2.74. The average Bonchev–Trinajstić information content (AvgIpc) is 3.15. The van der Waals surface area contributed by atoms with Gasteiger partial charge in [-0.15, -0.1) is 0 Å². The number of hydrogen-bond donors (Lipinski definition) is 3. The molecule has 0 radical (unpaired) electrons. The number of phenols is 1. The van der Waals surface area contributed by atoms with Crippen LogP contribution in [0.5, 0.6) is 11.5 Å². The van der Waals surface area contributed by atoms with Gasteiger partial charge in [0, 0.05) is 18.0 Å². The van der Waals surface area contributed by atoms with Crippen LogP contribution in [0.2, 0.25) is 0 Å². The number of aliphatic carboxylic acids is 1. The molecule has 2 bridgehead atoms. The molecular formula is C25H29NO9. The number of phenolic OH excluding ortho intramolecular Hbond substituents is 1.